The summed E-state index contributed by atoms with van der Waals surface area (Å²) in [4.78, 5) is 24.1. The maximum Gasteiger partial charge on any atom is 0.246 e. The molecule has 1 N–H and O–H groups in total. The number of hydrogen-bond acceptors (Lipinski definition) is 3. The van der Waals surface area contributed by atoms with E-state index in [0.29, 0.717) is 12.5 Å². The van der Waals surface area contributed by atoms with Crippen LogP contribution in [-0.2, 0) is 9.59 Å². The van der Waals surface area contributed by atoms with Crippen LogP contribution < -0.4 is 5.32 Å². The zero-order valence-corrected chi connectivity index (χ0v) is 10.5. The number of imide groups is 1. The summed E-state index contributed by atoms with van der Waals surface area (Å²) in [7, 11) is 1.55. The van der Waals surface area contributed by atoms with E-state index in [1.165, 1.54) is 24.2 Å². The molecule has 1 fully saturated rings. The highest BCUT2D eigenvalue weighted by Gasteiger charge is 2.36. The van der Waals surface area contributed by atoms with Crippen LogP contribution in [0, 0.1) is 0 Å². The number of nitrogens with zero attached hydrogens (tertiary/aromatic N) is 1. The van der Waals surface area contributed by atoms with Crippen molar-refractivity contribution in [1.82, 2.24) is 10.2 Å². The average Bonchev–Trinajstić information content (AvgIpc) is 2.47. The minimum Gasteiger partial charge on any atom is -0.303 e. The molecule has 0 aromatic carbocycles. The first-order valence-corrected chi connectivity index (χ1v) is 6.12. The predicted octanol–water partition coefficient (Wildman–Crippen LogP) is 1.30. The first-order chi connectivity index (χ1) is 7.56. The molecule has 0 radical (unpaired) electrons. The lowest BCUT2D eigenvalue weighted by atomic mass is 10.1. The van der Waals surface area contributed by atoms with Crippen molar-refractivity contribution in [1.29, 1.82) is 0 Å². The molecule has 0 bridgehead atoms. The molecule has 4 nitrogen and oxygen atoms in total. The Morgan fingerprint density at radius 2 is 2.12 bits per heavy atom. The summed E-state index contributed by atoms with van der Waals surface area (Å²) in [6, 6.07) is 0.00827. The van der Waals surface area contributed by atoms with Crippen LogP contribution in [0.25, 0.3) is 0 Å². The van der Waals surface area contributed by atoms with E-state index >= 15 is 0 Å². The number of unbranched alkanes of at least 4 members (excludes halogenated alkanes) is 2. The Labute approximate surface area is 97.4 Å². The fourth-order valence-electron chi connectivity index (χ4n) is 2.01. The third-order valence-electron chi connectivity index (χ3n) is 3.11. The summed E-state index contributed by atoms with van der Waals surface area (Å²) in [5, 5.41) is 3.24. The topological polar surface area (TPSA) is 49.4 Å². The molecule has 2 atom stereocenters. The fourth-order valence-corrected chi connectivity index (χ4v) is 2.01. The highest BCUT2D eigenvalue weighted by Crippen LogP contribution is 2.12. The monoisotopic (exact) mass is 226 g/mol. The molecule has 4 heteroatoms. The molecule has 1 saturated heterocycles. The Morgan fingerprint density at radius 1 is 1.44 bits per heavy atom. The molecule has 0 aliphatic carbocycles. The number of carbonyl (C=O) groups is 2. The second kappa shape index (κ2) is 5.99. The molecule has 92 valence electrons. The van der Waals surface area contributed by atoms with Gasteiger partial charge in [-0.25, -0.2) is 0 Å². The Bertz CT molecular complexity index is 266. The van der Waals surface area contributed by atoms with E-state index in [1.54, 1.807) is 7.05 Å². The lowest BCUT2D eigenvalue weighted by molar-refractivity contribution is -0.137. The minimum absolute atomic E-state index is 0.0803. The van der Waals surface area contributed by atoms with Crippen molar-refractivity contribution in [3.63, 3.8) is 0 Å². The normalized spacial score (nSPS) is 22.9. The molecule has 1 rings (SSSR count). The summed E-state index contributed by atoms with van der Waals surface area (Å²) in [5.41, 5.74) is 0. The molecule has 1 aliphatic heterocycles. The van der Waals surface area contributed by atoms with Crippen molar-refractivity contribution in [3.8, 4) is 0 Å². The van der Waals surface area contributed by atoms with Crippen LogP contribution in [0.5, 0.6) is 0 Å². The van der Waals surface area contributed by atoms with Gasteiger partial charge in [-0.1, -0.05) is 26.2 Å². The Morgan fingerprint density at radius 3 is 2.62 bits per heavy atom. The highest BCUT2D eigenvalue weighted by molar-refractivity contribution is 6.05. The van der Waals surface area contributed by atoms with E-state index in [-0.39, 0.29) is 17.9 Å². The number of nitrogens with one attached hydrogen (secondary N) is 1. The first kappa shape index (κ1) is 13.2. The van der Waals surface area contributed by atoms with Gasteiger partial charge in [0.15, 0.2) is 0 Å². The number of hydrogen-bond donors (Lipinski definition) is 1. The van der Waals surface area contributed by atoms with E-state index in [4.69, 9.17) is 0 Å². The van der Waals surface area contributed by atoms with E-state index < -0.39 is 0 Å². The second-order valence-electron chi connectivity index (χ2n) is 4.61. The molecule has 0 aromatic heterocycles. The van der Waals surface area contributed by atoms with Crippen molar-refractivity contribution in [2.75, 3.05) is 7.05 Å². The van der Waals surface area contributed by atoms with Crippen LogP contribution in [0.3, 0.4) is 0 Å². The quantitative estimate of drug-likeness (QED) is 0.548. The molecule has 1 aliphatic rings. The maximum atomic E-state index is 11.6. The van der Waals surface area contributed by atoms with Crippen LogP contribution in [0.4, 0.5) is 0 Å². The summed E-state index contributed by atoms with van der Waals surface area (Å²) in [6.07, 6.45) is 4.98. The third-order valence-corrected chi connectivity index (χ3v) is 3.11. The lowest BCUT2D eigenvalue weighted by Crippen LogP contribution is -2.41. The fraction of sp³-hybridized carbons (Fsp3) is 0.833. The summed E-state index contributed by atoms with van der Waals surface area (Å²) in [6.45, 7) is 4.25. The molecule has 1 heterocycles. The maximum absolute atomic E-state index is 11.6. The van der Waals surface area contributed by atoms with Crippen molar-refractivity contribution in [2.45, 2.75) is 58.0 Å². The van der Waals surface area contributed by atoms with E-state index in [0.717, 1.165) is 6.42 Å². The number of likely N-dealkylation sites (tertiary alicyclic amines) is 1. The minimum atomic E-state index is -0.297. The van der Waals surface area contributed by atoms with Gasteiger partial charge >= 0.3 is 0 Å². The highest BCUT2D eigenvalue weighted by atomic mass is 16.2. The SMILES string of the molecule is CCCCCC(C)NC1CC(=O)N(C)C1=O. The molecule has 0 aromatic rings. The molecule has 16 heavy (non-hydrogen) atoms. The van der Waals surface area contributed by atoms with Gasteiger partial charge in [-0.05, 0) is 13.3 Å². The molecular formula is C12H22N2O2. The largest absolute Gasteiger partial charge is 0.303 e. The van der Waals surface area contributed by atoms with Crippen LogP contribution in [0.2, 0.25) is 0 Å². The molecule has 2 unspecified atom stereocenters. The smallest absolute Gasteiger partial charge is 0.246 e. The van der Waals surface area contributed by atoms with Gasteiger partial charge < -0.3 is 5.32 Å². The number of carbonyl (C=O) groups excluding carboxylic acids is 2. The van der Waals surface area contributed by atoms with Gasteiger partial charge in [0.2, 0.25) is 11.8 Å². The van der Waals surface area contributed by atoms with Crippen LogP contribution in [-0.4, -0.2) is 35.8 Å². The zero-order valence-electron chi connectivity index (χ0n) is 10.5. The average molecular weight is 226 g/mol. The molecule has 2 amide bonds. The van der Waals surface area contributed by atoms with E-state index in [9.17, 15) is 9.59 Å². The van der Waals surface area contributed by atoms with Gasteiger partial charge in [0, 0.05) is 13.1 Å². The summed E-state index contributed by atoms with van der Waals surface area (Å²) in [5.74, 6) is -0.171. The molecule has 0 saturated carbocycles. The van der Waals surface area contributed by atoms with Crippen LogP contribution in [0.1, 0.15) is 46.0 Å². The number of likely N-dealkylation sites (N-methyl/N-ethyl adjacent to an activating group) is 1. The Balaban J connectivity index is 2.32. The van der Waals surface area contributed by atoms with Gasteiger partial charge in [0.25, 0.3) is 0 Å². The van der Waals surface area contributed by atoms with Crippen molar-refractivity contribution in [3.05, 3.63) is 0 Å². The van der Waals surface area contributed by atoms with Crippen molar-refractivity contribution < 1.29 is 9.59 Å². The van der Waals surface area contributed by atoms with E-state index in [1.807, 2.05) is 0 Å². The van der Waals surface area contributed by atoms with Crippen LogP contribution >= 0.6 is 0 Å². The van der Waals surface area contributed by atoms with E-state index in [2.05, 4.69) is 19.2 Å². The van der Waals surface area contributed by atoms with Gasteiger partial charge in [0.1, 0.15) is 0 Å². The summed E-state index contributed by atoms with van der Waals surface area (Å²) < 4.78 is 0. The Hall–Kier alpha value is -0.900. The number of rotatable bonds is 6. The van der Waals surface area contributed by atoms with Gasteiger partial charge in [0.05, 0.1) is 12.5 Å². The zero-order chi connectivity index (χ0) is 12.1. The van der Waals surface area contributed by atoms with Crippen molar-refractivity contribution >= 4 is 11.8 Å². The van der Waals surface area contributed by atoms with Crippen LogP contribution in [0.15, 0.2) is 0 Å². The summed E-state index contributed by atoms with van der Waals surface area (Å²) >= 11 is 0. The third kappa shape index (κ3) is 3.30. The van der Waals surface area contributed by atoms with Gasteiger partial charge in [-0.3, -0.25) is 14.5 Å². The predicted molar refractivity (Wildman–Crippen MR) is 62.9 cm³/mol. The molecular weight excluding hydrogens is 204 g/mol. The first-order valence-electron chi connectivity index (χ1n) is 6.12. The number of amides is 2. The Kier molecular flexibility index (Phi) is 4.93. The molecule has 0 spiro atoms. The van der Waals surface area contributed by atoms with Gasteiger partial charge in [-0.2, -0.15) is 0 Å². The van der Waals surface area contributed by atoms with Gasteiger partial charge in [-0.15, -0.1) is 0 Å². The van der Waals surface area contributed by atoms with Crippen molar-refractivity contribution in [2.24, 2.45) is 0 Å². The second-order valence-corrected chi connectivity index (χ2v) is 4.61. The standard InChI is InChI=1S/C12H22N2O2/c1-4-5-6-7-9(2)13-10-8-11(15)14(3)12(10)16/h9-10,13H,4-8H2,1-3H3. The lowest BCUT2D eigenvalue weighted by Gasteiger charge is -2.17.